The van der Waals surface area contributed by atoms with Crippen molar-refractivity contribution in [3.8, 4) is 5.75 Å². The monoisotopic (exact) mass is 627 g/mol. The summed E-state index contributed by atoms with van der Waals surface area (Å²) in [6, 6.07) is 5.63. The van der Waals surface area contributed by atoms with Gasteiger partial charge in [0.15, 0.2) is 0 Å². The molecule has 6 atom stereocenters. The Bertz CT molecular complexity index is 1100. The van der Waals surface area contributed by atoms with Crippen molar-refractivity contribution < 1.29 is 24.2 Å². The maximum Gasteiger partial charge on any atom is 0.246 e. The molecule has 0 spiro atoms. The molecule has 1 aliphatic carbocycles. The Morgan fingerprint density at radius 2 is 1.79 bits per heavy atom. The first-order valence-electron chi connectivity index (χ1n) is 14.9. The summed E-state index contributed by atoms with van der Waals surface area (Å²) >= 11 is 0. The van der Waals surface area contributed by atoms with Crippen molar-refractivity contribution in [1.29, 1.82) is 0 Å². The minimum Gasteiger partial charge on any atom is -0.493 e. The van der Waals surface area contributed by atoms with Crippen LogP contribution in [0.2, 0.25) is 0 Å². The molecule has 2 saturated heterocycles. The molecule has 236 valence electrons. The van der Waals surface area contributed by atoms with Crippen molar-refractivity contribution in [1.82, 2.24) is 25.8 Å². The van der Waals surface area contributed by atoms with Gasteiger partial charge < -0.3 is 30.7 Å². The topological polar surface area (TPSA) is 123 Å². The fourth-order valence-electron chi connectivity index (χ4n) is 7.00. The third-order valence-corrected chi connectivity index (χ3v) is 9.30. The molecule has 3 heterocycles. The van der Waals surface area contributed by atoms with Crippen LogP contribution in [0.5, 0.6) is 5.75 Å². The Morgan fingerprint density at radius 3 is 2.50 bits per heavy atom. The fraction of sp³-hybridized carbons (Fsp3) is 0.700. The molecule has 0 bridgehead atoms. The van der Waals surface area contributed by atoms with Gasteiger partial charge in [-0.25, -0.2) is 0 Å². The van der Waals surface area contributed by atoms with E-state index < -0.39 is 23.7 Å². The number of nitrogens with zero attached hydrogens (tertiary/aromatic N) is 2. The second kappa shape index (κ2) is 14.6. The number of carbonyl (C=O) groups is 3. The summed E-state index contributed by atoms with van der Waals surface area (Å²) in [5.41, 5.74) is 0.0649. The van der Waals surface area contributed by atoms with Crippen LogP contribution in [-0.4, -0.2) is 95.7 Å². The van der Waals surface area contributed by atoms with Gasteiger partial charge in [-0.15, -0.1) is 24.8 Å². The van der Waals surface area contributed by atoms with Crippen LogP contribution in [0.3, 0.4) is 0 Å². The molecule has 12 heteroatoms. The number of fused-ring (bicyclic) bond motifs is 2. The quantitative estimate of drug-likeness (QED) is 0.365. The molecule has 0 radical (unpaired) electrons. The van der Waals surface area contributed by atoms with Gasteiger partial charge in [-0.1, -0.05) is 37.5 Å². The molecule has 4 N–H and O–H groups in total. The molecule has 4 aliphatic rings. The van der Waals surface area contributed by atoms with Gasteiger partial charge in [0.1, 0.15) is 17.8 Å². The van der Waals surface area contributed by atoms with E-state index in [1.807, 2.05) is 31.2 Å². The molecule has 5 rings (SSSR count). The Labute approximate surface area is 261 Å². The minimum absolute atomic E-state index is 0. The summed E-state index contributed by atoms with van der Waals surface area (Å²) in [6.07, 6.45) is 6.11. The number of rotatable bonds is 7. The lowest BCUT2D eigenvalue weighted by Gasteiger charge is -2.45. The van der Waals surface area contributed by atoms with E-state index in [0.717, 1.165) is 43.4 Å². The largest absolute Gasteiger partial charge is 0.493 e. The number of nitrogens with one attached hydrogen (secondary N) is 3. The van der Waals surface area contributed by atoms with Gasteiger partial charge in [0.25, 0.3) is 0 Å². The average molecular weight is 629 g/mol. The van der Waals surface area contributed by atoms with Gasteiger partial charge in [-0.3, -0.25) is 19.3 Å². The number of piperazine rings is 1. The van der Waals surface area contributed by atoms with Crippen molar-refractivity contribution >= 4 is 42.5 Å². The van der Waals surface area contributed by atoms with Crippen molar-refractivity contribution in [3.63, 3.8) is 0 Å². The normalized spacial score (nSPS) is 29.0. The third-order valence-electron chi connectivity index (χ3n) is 9.30. The predicted molar refractivity (Wildman–Crippen MR) is 165 cm³/mol. The van der Waals surface area contributed by atoms with Crippen LogP contribution in [0.25, 0.3) is 0 Å². The first-order valence-corrected chi connectivity index (χ1v) is 14.9. The number of amides is 3. The van der Waals surface area contributed by atoms with E-state index in [1.54, 1.807) is 18.9 Å². The Kier molecular flexibility index (Phi) is 11.9. The second-order valence-electron chi connectivity index (χ2n) is 12.4. The summed E-state index contributed by atoms with van der Waals surface area (Å²) in [6.45, 7) is 5.26. The molecule has 1 aromatic rings. The summed E-state index contributed by atoms with van der Waals surface area (Å²) < 4.78 is 5.79. The lowest BCUT2D eigenvalue weighted by molar-refractivity contribution is -0.149. The van der Waals surface area contributed by atoms with E-state index in [2.05, 4.69) is 20.9 Å². The van der Waals surface area contributed by atoms with E-state index in [0.29, 0.717) is 39.1 Å². The highest BCUT2D eigenvalue weighted by molar-refractivity contribution is 5.93. The number of halogens is 2. The average Bonchev–Trinajstić information content (AvgIpc) is 3.27. The van der Waals surface area contributed by atoms with Crippen LogP contribution in [0.15, 0.2) is 24.3 Å². The summed E-state index contributed by atoms with van der Waals surface area (Å²) in [5.74, 6) is 0.184. The van der Waals surface area contributed by atoms with Gasteiger partial charge in [0.05, 0.1) is 24.3 Å². The van der Waals surface area contributed by atoms with Crippen LogP contribution in [0.1, 0.15) is 70.4 Å². The number of ether oxygens (including phenoxy) is 1. The van der Waals surface area contributed by atoms with Gasteiger partial charge in [-0.2, -0.15) is 0 Å². The van der Waals surface area contributed by atoms with Gasteiger partial charge in [0.2, 0.25) is 17.7 Å². The molecule has 1 aromatic carbocycles. The highest BCUT2D eigenvalue weighted by Gasteiger charge is 2.49. The molecule has 42 heavy (non-hydrogen) atoms. The zero-order valence-electron chi connectivity index (χ0n) is 24.8. The van der Waals surface area contributed by atoms with Crippen LogP contribution in [0, 0.1) is 5.92 Å². The minimum atomic E-state index is -0.871. The van der Waals surface area contributed by atoms with Gasteiger partial charge in [0, 0.05) is 37.7 Å². The number of carbonyl (C=O) groups excluding carboxylic acids is 3. The van der Waals surface area contributed by atoms with Crippen molar-refractivity contribution in [2.24, 2.45) is 5.92 Å². The second-order valence-corrected chi connectivity index (χ2v) is 12.4. The summed E-state index contributed by atoms with van der Waals surface area (Å²) in [5, 5.41) is 20.1. The van der Waals surface area contributed by atoms with E-state index >= 15 is 0 Å². The molecular formula is C30H47Cl2N5O5. The maximum atomic E-state index is 14.4. The Hall–Kier alpha value is -2.11. The molecule has 0 aromatic heterocycles. The third kappa shape index (κ3) is 7.50. The lowest BCUT2D eigenvalue weighted by Crippen LogP contribution is -2.66. The lowest BCUT2D eigenvalue weighted by atomic mass is 9.82. The first-order chi connectivity index (χ1) is 19.2. The van der Waals surface area contributed by atoms with E-state index in [9.17, 15) is 19.5 Å². The van der Waals surface area contributed by atoms with Crippen LogP contribution < -0.4 is 20.7 Å². The van der Waals surface area contributed by atoms with Gasteiger partial charge in [-0.05, 0) is 52.1 Å². The highest BCUT2D eigenvalue weighted by atomic mass is 35.5. The van der Waals surface area contributed by atoms with Crippen LogP contribution in [0.4, 0.5) is 0 Å². The smallest absolute Gasteiger partial charge is 0.246 e. The van der Waals surface area contributed by atoms with E-state index in [-0.39, 0.29) is 60.5 Å². The van der Waals surface area contributed by atoms with Crippen LogP contribution >= 0.6 is 24.8 Å². The van der Waals surface area contributed by atoms with Gasteiger partial charge >= 0.3 is 0 Å². The molecule has 10 nitrogen and oxygen atoms in total. The maximum absolute atomic E-state index is 14.4. The first kappa shape index (κ1) is 34.4. The summed E-state index contributed by atoms with van der Waals surface area (Å²) in [4.78, 5) is 45.2. The molecule has 1 saturated carbocycles. The molecular weight excluding hydrogens is 581 g/mol. The Morgan fingerprint density at radius 1 is 1.07 bits per heavy atom. The summed E-state index contributed by atoms with van der Waals surface area (Å²) in [7, 11) is 1.72. The number of benzene rings is 1. The molecule has 3 amide bonds. The molecule has 2 unspecified atom stereocenters. The van der Waals surface area contributed by atoms with Crippen molar-refractivity contribution in [3.05, 3.63) is 29.8 Å². The van der Waals surface area contributed by atoms with Crippen molar-refractivity contribution in [2.75, 3.05) is 33.3 Å². The Balaban J connectivity index is 0.00000242. The zero-order chi connectivity index (χ0) is 28.4. The van der Waals surface area contributed by atoms with Crippen LogP contribution in [-0.2, 0) is 14.4 Å². The number of likely N-dealkylation sites (N-methyl/N-ethyl adjacent to an activating group) is 1. The number of para-hydroxylation sites is 1. The van der Waals surface area contributed by atoms with E-state index in [4.69, 9.17) is 4.74 Å². The highest BCUT2D eigenvalue weighted by Crippen LogP contribution is 2.35. The number of hydrogen-bond acceptors (Lipinski definition) is 7. The zero-order valence-corrected chi connectivity index (χ0v) is 26.5. The standard InChI is InChI=1S/C30H45N5O5.2ClH/c1-19(31-3)27(36)33-26(20-9-5-4-6-10-20)29(38)35-16-21-15-30(2,39)18-34(21)17-24(35)28(37)32-23-13-14-40-25-12-8-7-11-22(23)25;;/h7-8,11-12,19-21,23-24,26,31,39H,4-6,9-10,13-18H2,1-3H3,(H,32,37)(H,33,36);2*1H/t19-,21+,23+,24?,26-,30?;;/m0../s1. The molecule has 3 fully saturated rings. The van der Waals surface area contributed by atoms with Crippen molar-refractivity contribution in [2.45, 2.75) is 94.6 Å². The SMILES string of the molecule is CN[C@@H](C)C(=O)N[C@H](C(=O)N1C[C@H]2CC(C)(O)CN2CC1C(=O)N[C@@H]1CCOc2ccccc21)C1CCCCC1.Cl.Cl. The fourth-order valence-corrected chi connectivity index (χ4v) is 7.00. The molecule has 3 aliphatic heterocycles. The number of hydrogen-bond donors (Lipinski definition) is 4. The predicted octanol–water partition coefficient (Wildman–Crippen LogP) is 2.18. The number of aliphatic hydroxyl groups is 1. The van der Waals surface area contributed by atoms with E-state index in [1.165, 1.54) is 0 Å².